The first kappa shape index (κ1) is 49.3. The van der Waals surface area contributed by atoms with Crippen LogP contribution in [-0.2, 0) is 9.59 Å². The van der Waals surface area contributed by atoms with Crippen molar-refractivity contribution in [2.75, 3.05) is 19.8 Å². The first-order chi connectivity index (χ1) is 26.4. The molecule has 0 aromatic heterocycles. The van der Waals surface area contributed by atoms with Gasteiger partial charge in [0.1, 0.15) is 5.75 Å². The van der Waals surface area contributed by atoms with Crippen LogP contribution in [-0.4, -0.2) is 36.9 Å². The second kappa shape index (κ2) is 36.0. The number of benzene rings is 1. The third-order valence-corrected chi connectivity index (χ3v) is 10.1. The summed E-state index contributed by atoms with van der Waals surface area (Å²) in [5, 5.41) is 9.23. The molecule has 0 saturated heterocycles. The average molecular weight is 759 g/mol. The van der Waals surface area contributed by atoms with Gasteiger partial charge in [0.25, 0.3) is 0 Å². The lowest BCUT2D eigenvalue weighted by Crippen LogP contribution is -2.13. The molecule has 1 aromatic rings. The molecule has 0 unspecified atom stereocenters. The number of aliphatic carboxylic acids is 1. The van der Waals surface area contributed by atoms with E-state index in [1.54, 1.807) is 12.1 Å². The molecule has 1 rings (SSSR count). The molecule has 1 N–H and O–H groups in total. The molecule has 7 heteroatoms. The fourth-order valence-electron chi connectivity index (χ4n) is 6.69. The molecule has 0 aliphatic heterocycles. The Bertz CT molecular complexity index is 1020. The van der Waals surface area contributed by atoms with Crippen LogP contribution in [0.2, 0.25) is 0 Å². The zero-order valence-corrected chi connectivity index (χ0v) is 35.3. The maximum absolute atomic E-state index is 12.7. The van der Waals surface area contributed by atoms with Crippen LogP contribution in [0.4, 0.5) is 0 Å². The van der Waals surface area contributed by atoms with Crippen molar-refractivity contribution < 1.29 is 33.6 Å². The van der Waals surface area contributed by atoms with Gasteiger partial charge in [0, 0.05) is 17.7 Å². The zero-order chi connectivity index (χ0) is 39.3. The van der Waals surface area contributed by atoms with Gasteiger partial charge < -0.3 is 24.1 Å². The number of carbonyl (C=O) groups excluding carboxylic acids is 1. The van der Waals surface area contributed by atoms with Gasteiger partial charge in [-0.15, -0.1) is 0 Å². The molecule has 54 heavy (non-hydrogen) atoms. The summed E-state index contributed by atoms with van der Waals surface area (Å²) in [5.74, 6) is -0.108. The van der Waals surface area contributed by atoms with Crippen molar-refractivity contribution in [3.63, 3.8) is 0 Å². The number of carbonyl (C=O) groups is 2. The highest BCUT2D eigenvalue weighted by Crippen LogP contribution is 2.42. The molecule has 0 spiro atoms. The molecule has 0 amide bonds. The van der Waals surface area contributed by atoms with Crippen molar-refractivity contribution in [1.29, 1.82) is 0 Å². The molecule has 312 valence electrons. The van der Waals surface area contributed by atoms with Crippen LogP contribution in [0.5, 0.6) is 23.0 Å². The number of esters is 1. The molecular weight excluding hydrogens is 677 g/mol. The second-order valence-corrected chi connectivity index (χ2v) is 15.4. The summed E-state index contributed by atoms with van der Waals surface area (Å²) in [7, 11) is 0. The van der Waals surface area contributed by atoms with E-state index in [1.807, 2.05) is 0 Å². The maximum atomic E-state index is 12.7. The highest BCUT2D eigenvalue weighted by molar-refractivity contribution is 5.92. The number of unbranched alkanes of at least 4 members (excludes halogenated alkanes) is 27. The monoisotopic (exact) mass is 759 g/mol. The summed E-state index contributed by atoms with van der Waals surface area (Å²) >= 11 is 0. The van der Waals surface area contributed by atoms with Gasteiger partial charge in [0.15, 0.2) is 11.5 Å². The molecule has 0 aliphatic carbocycles. The van der Waals surface area contributed by atoms with Crippen molar-refractivity contribution >= 4 is 11.9 Å². The Labute approximate surface area is 331 Å². The standard InChI is InChI=1S/C47H82O7/c1-5-8-11-14-17-20-23-26-29-32-35-51-43-39-42(54-45(48)38-41(4)47(49)50)40-44(52-36-33-30-27-24-21-18-15-12-9-6-2)46(43)53-37-34-31-28-25-22-19-16-13-10-7-3/h39-40H,4-38H2,1-3H3,(H,49,50). The van der Waals surface area contributed by atoms with Crippen LogP contribution >= 0.6 is 0 Å². The first-order valence-corrected chi connectivity index (χ1v) is 22.6. The van der Waals surface area contributed by atoms with Crippen molar-refractivity contribution in [1.82, 2.24) is 0 Å². The van der Waals surface area contributed by atoms with Crippen LogP contribution in [0.1, 0.15) is 220 Å². The quantitative estimate of drug-likeness (QED) is 0.0308. The van der Waals surface area contributed by atoms with Gasteiger partial charge >= 0.3 is 11.9 Å². The van der Waals surface area contributed by atoms with Crippen LogP contribution in [0.15, 0.2) is 24.3 Å². The average Bonchev–Trinajstić information content (AvgIpc) is 3.15. The third-order valence-electron chi connectivity index (χ3n) is 10.1. The van der Waals surface area contributed by atoms with Crippen LogP contribution < -0.4 is 18.9 Å². The van der Waals surface area contributed by atoms with Crippen molar-refractivity contribution in [2.24, 2.45) is 0 Å². The molecule has 0 atom stereocenters. The number of carboxylic acids is 1. The van der Waals surface area contributed by atoms with Gasteiger partial charge in [-0.3, -0.25) is 4.79 Å². The summed E-state index contributed by atoms with van der Waals surface area (Å²) < 4.78 is 24.7. The highest BCUT2D eigenvalue weighted by Gasteiger charge is 2.20. The molecule has 0 heterocycles. The van der Waals surface area contributed by atoms with E-state index in [0.29, 0.717) is 37.1 Å². The number of hydrogen-bond acceptors (Lipinski definition) is 6. The fourth-order valence-corrected chi connectivity index (χ4v) is 6.69. The van der Waals surface area contributed by atoms with E-state index < -0.39 is 18.4 Å². The Morgan fingerprint density at radius 2 is 0.778 bits per heavy atom. The van der Waals surface area contributed by atoms with Gasteiger partial charge in [0.05, 0.1) is 26.2 Å². The molecule has 0 fully saturated rings. The van der Waals surface area contributed by atoms with E-state index in [-0.39, 0.29) is 11.3 Å². The van der Waals surface area contributed by atoms with Gasteiger partial charge in [-0.05, 0) is 19.3 Å². The smallest absolute Gasteiger partial charge is 0.331 e. The molecular formula is C47H82O7. The topological polar surface area (TPSA) is 91.3 Å². The summed E-state index contributed by atoms with van der Waals surface area (Å²) in [6, 6.07) is 3.36. The van der Waals surface area contributed by atoms with Crippen molar-refractivity contribution in [3.05, 3.63) is 24.3 Å². The fraction of sp³-hybridized carbons (Fsp3) is 0.787. The minimum absolute atomic E-state index is 0.216. The third kappa shape index (κ3) is 27.8. The molecule has 7 nitrogen and oxygen atoms in total. The Hall–Kier alpha value is -2.70. The van der Waals surface area contributed by atoms with Crippen LogP contribution in [0.3, 0.4) is 0 Å². The summed E-state index contributed by atoms with van der Waals surface area (Å²) in [4.78, 5) is 24.0. The molecule has 0 radical (unpaired) electrons. The maximum Gasteiger partial charge on any atom is 0.331 e. The van der Waals surface area contributed by atoms with Crippen molar-refractivity contribution in [3.8, 4) is 23.0 Å². The molecule has 1 aromatic carbocycles. The van der Waals surface area contributed by atoms with E-state index >= 15 is 0 Å². The largest absolute Gasteiger partial charge is 0.489 e. The van der Waals surface area contributed by atoms with Gasteiger partial charge in [0.2, 0.25) is 5.75 Å². The summed E-state index contributed by atoms with van der Waals surface area (Å²) in [5.41, 5.74) is -0.216. The van der Waals surface area contributed by atoms with E-state index in [2.05, 4.69) is 27.4 Å². The SMILES string of the molecule is C=C(CC(=O)Oc1cc(OCCCCCCCCCCCC)c(OCCCCCCCCCCCC)c(OCCCCCCCCCCCC)c1)C(=O)O. The van der Waals surface area contributed by atoms with E-state index in [0.717, 1.165) is 38.5 Å². The molecule has 0 bridgehead atoms. The minimum atomic E-state index is -1.22. The summed E-state index contributed by atoms with van der Waals surface area (Å²) in [6.45, 7) is 11.9. The molecule has 0 saturated carbocycles. The van der Waals surface area contributed by atoms with Gasteiger partial charge in [-0.2, -0.15) is 0 Å². The summed E-state index contributed by atoms with van der Waals surface area (Å²) in [6.07, 6.45) is 36.9. The van der Waals surface area contributed by atoms with E-state index in [1.165, 1.54) is 154 Å². The first-order valence-electron chi connectivity index (χ1n) is 22.6. The zero-order valence-electron chi connectivity index (χ0n) is 35.3. The lowest BCUT2D eigenvalue weighted by molar-refractivity contribution is -0.138. The predicted molar refractivity (Wildman–Crippen MR) is 225 cm³/mol. The second-order valence-electron chi connectivity index (χ2n) is 15.4. The van der Waals surface area contributed by atoms with Crippen LogP contribution in [0, 0.1) is 0 Å². The van der Waals surface area contributed by atoms with Gasteiger partial charge in [-0.25, -0.2) is 4.79 Å². The van der Waals surface area contributed by atoms with E-state index in [4.69, 9.17) is 18.9 Å². The lowest BCUT2D eigenvalue weighted by Gasteiger charge is -2.19. The predicted octanol–water partition coefficient (Wildman–Crippen LogP) is 14.5. The lowest BCUT2D eigenvalue weighted by atomic mass is 10.1. The minimum Gasteiger partial charge on any atom is -0.489 e. The Morgan fingerprint density at radius 3 is 1.09 bits per heavy atom. The number of hydrogen-bond donors (Lipinski definition) is 1. The highest BCUT2D eigenvalue weighted by atomic mass is 16.6. The number of carboxylic acid groups (broad SMARTS) is 1. The van der Waals surface area contributed by atoms with Crippen molar-refractivity contribution in [2.45, 2.75) is 220 Å². The Balaban J connectivity index is 2.88. The van der Waals surface area contributed by atoms with Gasteiger partial charge in [-0.1, -0.05) is 201 Å². The Morgan fingerprint density at radius 1 is 0.481 bits per heavy atom. The number of ether oxygens (including phenoxy) is 4. The normalized spacial score (nSPS) is 11.1. The molecule has 0 aliphatic rings. The van der Waals surface area contributed by atoms with Crippen LogP contribution in [0.25, 0.3) is 0 Å². The Kier molecular flexibility index (Phi) is 32.9. The van der Waals surface area contributed by atoms with E-state index in [9.17, 15) is 14.7 Å². The number of rotatable bonds is 40.